The van der Waals surface area contributed by atoms with Gasteiger partial charge in [-0.15, -0.1) is 0 Å². The van der Waals surface area contributed by atoms with Gasteiger partial charge in [-0.2, -0.15) is 0 Å². The van der Waals surface area contributed by atoms with Gasteiger partial charge >= 0.3 is 0 Å². The molecule has 1 rings (SSSR count). The molecule has 0 fully saturated rings. The number of allylic oxidation sites excluding steroid dienone is 4. The Balaban J connectivity index is 2.95. The fourth-order valence-corrected chi connectivity index (χ4v) is 8.47. The highest BCUT2D eigenvalue weighted by molar-refractivity contribution is 5.30. The van der Waals surface area contributed by atoms with Gasteiger partial charge < -0.3 is 0 Å². The summed E-state index contributed by atoms with van der Waals surface area (Å²) in [7, 11) is 0. The Kier molecular flexibility index (Phi) is 30.3. The molecule has 0 atom stereocenters. The Labute approximate surface area is 286 Å². The van der Waals surface area contributed by atoms with E-state index in [9.17, 15) is 0 Å². The number of hydrogen-bond donors (Lipinski definition) is 0. The molecular formula is C45H86. The Morgan fingerprint density at radius 2 is 0.733 bits per heavy atom. The first-order valence-corrected chi connectivity index (χ1v) is 21.6. The molecule has 0 spiro atoms. The molecule has 0 heteroatoms. The summed E-state index contributed by atoms with van der Waals surface area (Å²) in [6, 6.07) is 0. The highest BCUT2D eigenvalue weighted by Gasteiger charge is 2.40. The van der Waals surface area contributed by atoms with Crippen LogP contribution in [0.3, 0.4) is 0 Å². The summed E-state index contributed by atoms with van der Waals surface area (Å²) < 4.78 is 0. The van der Waals surface area contributed by atoms with Crippen LogP contribution < -0.4 is 0 Å². The number of unbranched alkanes of at least 4 members (excludes halogenated alkanes) is 26. The van der Waals surface area contributed by atoms with E-state index < -0.39 is 0 Å². The largest absolute Gasteiger partial charge is 0.0804 e. The molecule has 1 aliphatic rings. The van der Waals surface area contributed by atoms with Crippen molar-refractivity contribution in [1.82, 2.24) is 0 Å². The second-order valence-corrected chi connectivity index (χ2v) is 15.4. The van der Waals surface area contributed by atoms with Crippen molar-refractivity contribution in [1.29, 1.82) is 0 Å². The Morgan fingerprint density at radius 1 is 0.422 bits per heavy atom. The highest BCUT2D eigenvalue weighted by atomic mass is 14.4. The molecule has 0 N–H and O–H groups in total. The van der Waals surface area contributed by atoms with Crippen molar-refractivity contribution in [2.75, 3.05) is 0 Å². The van der Waals surface area contributed by atoms with Gasteiger partial charge in [0.25, 0.3) is 0 Å². The minimum absolute atomic E-state index is 0.471. The lowest BCUT2D eigenvalue weighted by atomic mass is 9.61. The topological polar surface area (TPSA) is 0 Å². The summed E-state index contributed by atoms with van der Waals surface area (Å²) in [4.78, 5) is 0. The summed E-state index contributed by atoms with van der Waals surface area (Å²) >= 11 is 0. The molecule has 266 valence electrons. The third-order valence-electron chi connectivity index (χ3n) is 11.5. The van der Waals surface area contributed by atoms with Crippen LogP contribution in [0.2, 0.25) is 0 Å². The van der Waals surface area contributed by atoms with E-state index in [4.69, 9.17) is 0 Å². The summed E-state index contributed by atoms with van der Waals surface area (Å²) in [5, 5.41) is 0. The average Bonchev–Trinajstić information content (AvgIpc) is 3.60. The van der Waals surface area contributed by atoms with Crippen molar-refractivity contribution >= 4 is 0 Å². The molecule has 0 amide bonds. The van der Waals surface area contributed by atoms with Crippen molar-refractivity contribution < 1.29 is 0 Å². The molecule has 0 nitrogen and oxygen atoms in total. The Hall–Kier alpha value is -0.520. The molecular weight excluding hydrogens is 540 g/mol. The van der Waals surface area contributed by atoms with Gasteiger partial charge in [0.1, 0.15) is 0 Å². The van der Waals surface area contributed by atoms with E-state index in [1.807, 2.05) is 5.57 Å². The van der Waals surface area contributed by atoms with Gasteiger partial charge in [0.2, 0.25) is 0 Å². The molecule has 0 heterocycles. The second-order valence-electron chi connectivity index (χ2n) is 15.4. The first-order chi connectivity index (χ1) is 22.2. The lowest BCUT2D eigenvalue weighted by Crippen LogP contribution is -2.33. The molecule has 0 saturated heterocycles. The Bertz CT molecular complexity index is 615. The predicted octanol–water partition coefficient (Wildman–Crippen LogP) is 16.8. The highest BCUT2D eigenvalue weighted by Crippen LogP contribution is 2.51. The molecule has 0 aromatic carbocycles. The fraction of sp³-hybridized carbons (Fsp3) is 0.911. The SMILES string of the molecule is CCCCCCCCCCC(CCCCCCCCCC)(C1=CC=CC1)C(CCCCCCCCC)CCCCCCCCC. The van der Waals surface area contributed by atoms with E-state index >= 15 is 0 Å². The lowest BCUT2D eigenvalue weighted by Gasteiger charge is -2.44. The van der Waals surface area contributed by atoms with Crippen LogP contribution >= 0.6 is 0 Å². The molecule has 0 aliphatic heterocycles. The van der Waals surface area contributed by atoms with Crippen LogP contribution in [-0.4, -0.2) is 0 Å². The molecule has 0 radical (unpaired) electrons. The zero-order valence-electron chi connectivity index (χ0n) is 32.1. The third kappa shape index (κ3) is 21.9. The molecule has 0 aromatic rings. The zero-order chi connectivity index (χ0) is 32.5. The van der Waals surface area contributed by atoms with Gasteiger partial charge in [-0.05, 0) is 43.4 Å². The van der Waals surface area contributed by atoms with Crippen LogP contribution in [0, 0.1) is 11.3 Å². The summed E-state index contributed by atoms with van der Waals surface area (Å²) in [5.74, 6) is 0.907. The van der Waals surface area contributed by atoms with Gasteiger partial charge in [-0.3, -0.25) is 0 Å². The third-order valence-corrected chi connectivity index (χ3v) is 11.5. The first-order valence-electron chi connectivity index (χ1n) is 21.6. The maximum Gasteiger partial charge on any atom is -0.00536 e. The van der Waals surface area contributed by atoms with Gasteiger partial charge in [-0.1, -0.05) is 244 Å². The average molecular weight is 627 g/mol. The fourth-order valence-electron chi connectivity index (χ4n) is 8.47. The standard InChI is InChI=1S/C45H86/c1-5-9-13-17-21-25-29-35-41-45(44-39-33-34-40-44,42-36-30-26-22-18-14-10-6-2)43(37-31-27-23-19-15-11-7-3)38-32-28-24-20-16-12-8-4/h33-34,39,43H,5-32,35-38,40-42H2,1-4H3. The van der Waals surface area contributed by atoms with Crippen LogP contribution in [0.15, 0.2) is 23.8 Å². The van der Waals surface area contributed by atoms with Crippen LogP contribution in [-0.2, 0) is 0 Å². The van der Waals surface area contributed by atoms with Crippen LogP contribution in [0.1, 0.15) is 252 Å². The molecule has 0 aromatic heterocycles. The van der Waals surface area contributed by atoms with Crippen molar-refractivity contribution in [2.45, 2.75) is 252 Å². The number of hydrogen-bond acceptors (Lipinski definition) is 0. The van der Waals surface area contributed by atoms with E-state index in [1.54, 1.807) is 0 Å². The molecule has 0 unspecified atom stereocenters. The zero-order valence-corrected chi connectivity index (χ0v) is 32.1. The maximum absolute atomic E-state index is 2.61. The molecule has 1 aliphatic carbocycles. The van der Waals surface area contributed by atoms with E-state index in [0.29, 0.717) is 5.41 Å². The lowest BCUT2D eigenvalue weighted by molar-refractivity contribution is 0.136. The van der Waals surface area contributed by atoms with E-state index in [1.165, 1.54) is 225 Å². The quantitative estimate of drug-likeness (QED) is 0.0607. The van der Waals surface area contributed by atoms with Crippen molar-refractivity contribution in [3.05, 3.63) is 23.8 Å². The van der Waals surface area contributed by atoms with Crippen molar-refractivity contribution in [3.63, 3.8) is 0 Å². The van der Waals surface area contributed by atoms with Crippen molar-refractivity contribution in [3.8, 4) is 0 Å². The summed E-state index contributed by atoms with van der Waals surface area (Å²) in [6.45, 7) is 9.38. The maximum atomic E-state index is 2.61. The van der Waals surface area contributed by atoms with Gasteiger partial charge in [0.15, 0.2) is 0 Å². The molecule has 0 saturated carbocycles. The normalized spacial score (nSPS) is 13.4. The van der Waals surface area contributed by atoms with Gasteiger partial charge in [-0.25, -0.2) is 0 Å². The molecule has 45 heavy (non-hydrogen) atoms. The summed E-state index contributed by atoms with van der Waals surface area (Å²) in [5.41, 5.74) is 2.32. The second kappa shape index (κ2) is 32.0. The van der Waals surface area contributed by atoms with Crippen LogP contribution in [0.25, 0.3) is 0 Å². The first kappa shape index (κ1) is 42.5. The predicted molar refractivity (Wildman–Crippen MR) is 207 cm³/mol. The van der Waals surface area contributed by atoms with Crippen LogP contribution in [0.4, 0.5) is 0 Å². The smallest absolute Gasteiger partial charge is 0.00536 e. The van der Waals surface area contributed by atoms with E-state index in [2.05, 4.69) is 45.9 Å². The minimum Gasteiger partial charge on any atom is -0.0804 e. The van der Waals surface area contributed by atoms with Crippen molar-refractivity contribution in [2.24, 2.45) is 11.3 Å². The minimum atomic E-state index is 0.471. The number of rotatable bonds is 36. The van der Waals surface area contributed by atoms with E-state index in [0.717, 1.165) is 5.92 Å². The van der Waals surface area contributed by atoms with Gasteiger partial charge in [0, 0.05) is 0 Å². The summed E-state index contributed by atoms with van der Waals surface area (Å²) in [6.07, 6.45) is 58.1. The van der Waals surface area contributed by atoms with Crippen LogP contribution in [0.5, 0.6) is 0 Å². The monoisotopic (exact) mass is 627 g/mol. The van der Waals surface area contributed by atoms with E-state index in [-0.39, 0.29) is 0 Å². The molecule has 0 bridgehead atoms. The Morgan fingerprint density at radius 3 is 1.04 bits per heavy atom. The van der Waals surface area contributed by atoms with Gasteiger partial charge in [0.05, 0.1) is 0 Å².